The Kier molecular flexibility index (Phi) is 6.76. The Bertz CT molecular complexity index is 1320. The molecule has 0 aromatic heterocycles. The summed E-state index contributed by atoms with van der Waals surface area (Å²) in [6, 6.07) is 16.0. The van der Waals surface area contributed by atoms with Crippen molar-refractivity contribution in [2.75, 3.05) is 26.3 Å². The first-order chi connectivity index (χ1) is 18.0. The summed E-state index contributed by atoms with van der Waals surface area (Å²) >= 11 is 0. The number of fused-ring (bicyclic) bond motifs is 2. The second-order valence-corrected chi connectivity index (χ2v) is 8.77. The number of benzene rings is 3. The van der Waals surface area contributed by atoms with Crippen LogP contribution in [0.5, 0.6) is 28.7 Å². The number of rotatable bonds is 7. The highest BCUT2D eigenvalue weighted by atomic mass is 16.7. The first kappa shape index (κ1) is 24.3. The minimum Gasteiger partial charge on any atom is -0.497 e. The average molecular weight is 505 g/mol. The molecule has 2 heterocycles. The largest absolute Gasteiger partial charge is 0.497 e. The standard InChI is InChI=1S/C28H28N2O7/c1-4-23-28(32)30(14-17-5-7-25-26(9-17)36-16-35-25)15-19-10-20(6-8-24(19)37-23)29-27(31)18-11-21(33-2)13-22(12-18)34-3/h5-13,23H,4,14-16H2,1-3H3,(H,29,31). The molecule has 1 unspecified atom stereocenters. The molecule has 9 nitrogen and oxygen atoms in total. The van der Waals surface area contributed by atoms with Gasteiger partial charge in [-0.25, -0.2) is 0 Å². The van der Waals surface area contributed by atoms with Crippen molar-refractivity contribution in [3.05, 3.63) is 71.3 Å². The number of carbonyl (C=O) groups is 2. The van der Waals surface area contributed by atoms with Crippen molar-refractivity contribution in [3.8, 4) is 28.7 Å². The third-order valence-electron chi connectivity index (χ3n) is 6.33. The molecule has 1 N–H and O–H groups in total. The van der Waals surface area contributed by atoms with Crippen molar-refractivity contribution in [1.82, 2.24) is 4.90 Å². The van der Waals surface area contributed by atoms with Crippen LogP contribution in [0.4, 0.5) is 5.69 Å². The van der Waals surface area contributed by atoms with E-state index in [1.54, 1.807) is 35.2 Å². The van der Waals surface area contributed by atoms with Crippen LogP contribution < -0.4 is 29.0 Å². The lowest BCUT2D eigenvalue weighted by atomic mass is 10.1. The molecule has 192 valence electrons. The van der Waals surface area contributed by atoms with Gasteiger partial charge in [0.25, 0.3) is 11.8 Å². The highest BCUT2D eigenvalue weighted by Crippen LogP contribution is 2.34. The van der Waals surface area contributed by atoms with Gasteiger partial charge < -0.3 is 33.9 Å². The zero-order valence-corrected chi connectivity index (χ0v) is 20.9. The van der Waals surface area contributed by atoms with E-state index in [1.165, 1.54) is 14.2 Å². The summed E-state index contributed by atoms with van der Waals surface area (Å²) in [5.41, 5.74) is 2.70. The van der Waals surface area contributed by atoms with Crippen molar-refractivity contribution in [2.24, 2.45) is 0 Å². The second kappa shape index (κ2) is 10.3. The molecule has 0 spiro atoms. The molecular weight excluding hydrogens is 476 g/mol. The van der Waals surface area contributed by atoms with Crippen LogP contribution in [0.3, 0.4) is 0 Å². The van der Waals surface area contributed by atoms with Crippen molar-refractivity contribution in [2.45, 2.75) is 32.5 Å². The van der Waals surface area contributed by atoms with Gasteiger partial charge in [-0.05, 0) is 54.4 Å². The Hall–Kier alpha value is -4.40. The molecule has 0 fully saturated rings. The molecule has 0 saturated heterocycles. The first-order valence-corrected chi connectivity index (χ1v) is 12.0. The molecule has 3 aromatic rings. The number of ether oxygens (including phenoxy) is 5. The van der Waals surface area contributed by atoms with Gasteiger partial charge in [-0.2, -0.15) is 0 Å². The number of anilines is 1. The highest BCUT2D eigenvalue weighted by Gasteiger charge is 2.30. The third kappa shape index (κ3) is 5.11. The molecule has 9 heteroatoms. The van der Waals surface area contributed by atoms with Gasteiger partial charge in [0, 0.05) is 36.0 Å². The molecule has 2 amide bonds. The van der Waals surface area contributed by atoms with E-state index in [9.17, 15) is 9.59 Å². The van der Waals surface area contributed by atoms with Crippen LogP contribution in [0, 0.1) is 0 Å². The zero-order chi connectivity index (χ0) is 25.9. The van der Waals surface area contributed by atoms with Gasteiger partial charge in [0.1, 0.15) is 17.2 Å². The van der Waals surface area contributed by atoms with E-state index in [0.717, 1.165) is 11.1 Å². The van der Waals surface area contributed by atoms with Gasteiger partial charge in [-0.15, -0.1) is 0 Å². The number of hydrogen-bond acceptors (Lipinski definition) is 7. The molecule has 0 bridgehead atoms. The molecule has 37 heavy (non-hydrogen) atoms. The van der Waals surface area contributed by atoms with Crippen LogP contribution in [-0.2, 0) is 17.9 Å². The van der Waals surface area contributed by atoms with Crippen LogP contribution in [0.15, 0.2) is 54.6 Å². The summed E-state index contributed by atoms with van der Waals surface area (Å²) in [5.74, 6) is 2.61. The molecule has 0 radical (unpaired) electrons. The summed E-state index contributed by atoms with van der Waals surface area (Å²) in [6.45, 7) is 2.83. The van der Waals surface area contributed by atoms with Crippen molar-refractivity contribution in [3.63, 3.8) is 0 Å². The average Bonchev–Trinajstić information content (AvgIpc) is 3.34. The lowest BCUT2D eigenvalue weighted by Crippen LogP contribution is -2.38. The minimum atomic E-state index is -0.597. The fourth-order valence-corrected chi connectivity index (χ4v) is 4.38. The Morgan fingerprint density at radius 2 is 1.70 bits per heavy atom. The summed E-state index contributed by atoms with van der Waals surface area (Å²) < 4.78 is 27.5. The van der Waals surface area contributed by atoms with Crippen LogP contribution in [0.25, 0.3) is 0 Å². The molecule has 3 aromatic carbocycles. The van der Waals surface area contributed by atoms with Crippen molar-refractivity contribution < 1.29 is 33.3 Å². The van der Waals surface area contributed by atoms with Gasteiger partial charge in [-0.1, -0.05) is 13.0 Å². The van der Waals surface area contributed by atoms with E-state index < -0.39 is 6.10 Å². The number of hydrogen-bond donors (Lipinski definition) is 1. The van der Waals surface area contributed by atoms with Crippen LogP contribution in [0.2, 0.25) is 0 Å². The maximum Gasteiger partial charge on any atom is 0.264 e. The van der Waals surface area contributed by atoms with Crippen LogP contribution in [-0.4, -0.2) is 43.8 Å². The topological polar surface area (TPSA) is 95.6 Å². The summed E-state index contributed by atoms with van der Waals surface area (Å²) in [4.78, 5) is 28.1. The lowest BCUT2D eigenvalue weighted by Gasteiger charge is -2.23. The van der Waals surface area contributed by atoms with E-state index in [4.69, 9.17) is 23.7 Å². The maximum atomic E-state index is 13.3. The quantitative estimate of drug-likeness (QED) is 0.510. The summed E-state index contributed by atoms with van der Waals surface area (Å²) in [5, 5.41) is 2.92. The number of amides is 2. The molecule has 2 aliphatic heterocycles. The highest BCUT2D eigenvalue weighted by molar-refractivity contribution is 6.05. The second-order valence-electron chi connectivity index (χ2n) is 8.77. The predicted octanol–water partition coefficient (Wildman–Crippen LogP) is 4.38. The number of nitrogens with one attached hydrogen (secondary N) is 1. The molecule has 0 aliphatic carbocycles. The summed E-state index contributed by atoms with van der Waals surface area (Å²) in [6.07, 6.45) is -0.0635. The molecule has 0 saturated carbocycles. The van der Waals surface area contributed by atoms with Gasteiger partial charge in [0.05, 0.1) is 14.2 Å². The van der Waals surface area contributed by atoms with Crippen molar-refractivity contribution >= 4 is 17.5 Å². The van der Waals surface area contributed by atoms with Crippen LogP contribution >= 0.6 is 0 Å². The molecule has 2 aliphatic rings. The lowest BCUT2D eigenvalue weighted by molar-refractivity contribution is -0.139. The smallest absolute Gasteiger partial charge is 0.264 e. The first-order valence-electron chi connectivity index (χ1n) is 12.0. The number of carbonyl (C=O) groups excluding carboxylic acids is 2. The summed E-state index contributed by atoms with van der Waals surface area (Å²) in [7, 11) is 3.06. The van der Waals surface area contributed by atoms with Crippen LogP contribution in [0.1, 0.15) is 34.8 Å². The molecular formula is C28H28N2O7. The predicted molar refractivity (Wildman–Crippen MR) is 135 cm³/mol. The Morgan fingerprint density at radius 3 is 2.43 bits per heavy atom. The number of nitrogens with zero attached hydrogens (tertiary/aromatic N) is 1. The van der Waals surface area contributed by atoms with E-state index >= 15 is 0 Å². The molecule has 1 atom stereocenters. The number of methoxy groups -OCH3 is 2. The molecule has 5 rings (SSSR count). The monoisotopic (exact) mass is 504 g/mol. The third-order valence-corrected chi connectivity index (χ3v) is 6.33. The van der Waals surface area contributed by atoms with E-state index in [2.05, 4.69) is 5.32 Å². The Morgan fingerprint density at radius 1 is 0.973 bits per heavy atom. The fourth-order valence-electron chi connectivity index (χ4n) is 4.38. The van der Waals surface area contributed by atoms with Gasteiger partial charge in [-0.3, -0.25) is 9.59 Å². The fraction of sp³-hybridized carbons (Fsp3) is 0.286. The Labute approximate surface area is 214 Å². The minimum absolute atomic E-state index is 0.0922. The SMILES string of the molecule is CCC1Oc2ccc(NC(=O)c3cc(OC)cc(OC)c3)cc2CN(Cc2ccc3c(c2)OCO3)C1=O. The van der Waals surface area contributed by atoms with Gasteiger partial charge in [0.15, 0.2) is 17.6 Å². The maximum absolute atomic E-state index is 13.3. The van der Waals surface area contributed by atoms with Gasteiger partial charge in [0.2, 0.25) is 6.79 Å². The Balaban J connectivity index is 1.39. The zero-order valence-electron chi connectivity index (χ0n) is 20.9. The van der Waals surface area contributed by atoms with Gasteiger partial charge >= 0.3 is 0 Å². The van der Waals surface area contributed by atoms with E-state index in [-0.39, 0.29) is 18.6 Å². The normalized spacial score (nSPS) is 15.9. The van der Waals surface area contributed by atoms with E-state index in [0.29, 0.717) is 59.5 Å². The van der Waals surface area contributed by atoms with Crippen molar-refractivity contribution in [1.29, 1.82) is 0 Å². The van der Waals surface area contributed by atoms with E-state index in [1.807, 2.05) is 31.2 Å².